The summed E-state index contributed by atoms with van der Waals surface area (Å²) in [4.78, 5) is 7.12. The van der Waals surface area contributed by atoms with Crippen molar-refractivity contribution in [3.05, 3.63) is 18.2 Å². The van der Waals surface area contributed by atoms with Crippen molar-refractivity contribution in [2.45, 2.75) is 32.9 Å². The Labute approximate surface area is 84.8 Å². The van der Waals surface area contributed by atoms with Gasteiger partial charge in [-0.3, -0.25) is 0 Å². The molecule has 1 atom stereocenters. The molecule has 4 nitrogen and oxygen atoms in total. The van der Waals surface area contributed by atoms with Crippen LogP contribution in [0.15, 0.2) is 12.4 Å². The van der Waals surface area contributed by atoms with E-state index in [1.807, 2.05) is 0 Å². The van der Waals surface area contributed by atoms with E-state index >= 15 is 0 Å². The smallest absolute Gasteiger partial charge is 0.120 e. The molecular weight excluding hydrogens is 178 g/mol. The maximum absolute atomic E-state index is 9.11. The summed E-state index contributed by atoms with van der Waals surface area (Å²) in [5.74, 6) is 1.50. The van der Waals surface area contributed by atoms with Gasteiger partial charge >= 0.3 is 0 Å². The van der Waals surface area contributed by atoms with E-state index in [9.17, 15) is 0 Å². The second kappa shape index (κ2) is 5.78. The second-order valence-electron chi connectivity index (χ2n) is 3.93. The van der Waals surface area contributed by atoms with Crippen LogP contribution >= 0.6 is 0 Å². The minimum atomic E-state index is 0.167. The molecule has 0 aliphatic heterocycles. The molecule has 0 bridgehead atoms. The molecule has 3 N–H and O–H groups in total. The number of nitrogens with zero attached hydrogens (tertiary/aromatic N) is 1. The number of nitrogens with one attached hydrogen (secondary N) is 2. The van der Waals surface area contributed by atoms with Gasteiger partial charge in [0.1, 0.15) is 5.82 Å². The Morgan fingerprint density at radius 1 is 1.57 bits per heavy atom. The van der Waals surface area contributed by atoms with Gasteiger partial charge in [-0.15, -0.1) is 0 Å². The maximum Gasteiger partial charge on any atom is 0.120 e. The third-order valence-electron chi connectivity index (χ3n) is 2.09. The lowest BCUT2D eigenvalue weighted by Crippen LogP contribution is -2.33. The third kappa shape index (κ3) is 3.89. The van der Waals surface area contributed by atoms with Gasteiger partial charge in [0.2, 0.25) is 0 Å². The molecule has 1 aromatic rings. The van der Waals surface area contributed by atoms with Crippen LogP contribution in [0.5, 0.6) is 0 Å². The molecule has 4 heteroatoms. The van der Waals surface area contributed by atoms with Gasteiger partial charge in [0.05, 0.1) is 13.2 Å². The summed E-state index contributed by atoms with van der Waals surface area (Å²) in [6.45, 7) is 5.16. The van der Waals surface area contributed by atoms with E-state index in [2.05, 4.69) is 29.1 Å². The third-order valence-corrected chi connectivity index (χ3v) is 2.09. The van der Waals surface area contributed by atoms with Crippen molar-refractivity contribution in [1.29, 1.82) is 0 Å². The number of aliphatic hydroxyl groups is 1. The highest BCUT2D eigenvalue weighted by Gasteiger charge is 2.09. The van der Waals surface area contributed by atoms with Crippen molar-refractivity contribution >= 4 is 0 Å². The molecule has 0 aromatic carbocycles. The SMILES string of the molecule is CC(C)CC(CO)NCc1ncc[nH]1. The Morgan fingerprint density at radius 2 is 2.36 bits per heavy atom. The normalized spacial score (nSPS) is 13.4. The number of rotatable bonds is 6. The van der Waals surface area contributed by atoms with E-state index in [0.717, 1.165) is 12.2 Å². The van der Waals surface area contributed by atoms with Gasteiger partial charge in [0.15, 0.2) is 0 Å². The van der Waals surface area contributed by atoms with Gasteiger partial charge in [-0.05, 0) is 12.3 Å². The lowest BCUT2D eigenvalue weighted by molar-refractivity contribution is 0.223. The van der Waals surface area contributed by atoms with Crippen LogP contribution in [-0.2, 0) is 6.54 Å². The van der Waals surface area contributed by atoms with Crippen molar-refractivity contribution in [3.8, 4) is 0 Å². The average Bonchev–Trinajstić information content (AvgIpc) is 2.64. The molecule has 14 heavy (non-hydrogen) atoms. The van der Waals surface area contributed by atoms with Crippen LogP contribution in [0.4, 0.5) is 0 Å². The Morgan fingerprint density at radius 3 is 2.86 bits per heavy atom. The topological polar surface area (TPSA) is 60.9 Å². The summed E-state index contributed by atoms with van der Waals surface area (Å²) in [6, 6.07) is 0.167. The van der Waals surface area contributed by atoms with E-state index in [1.165, 1.54) is 0 Å². The Bertz CT molecular complexity index is 234. The van der Waals surface area contributed by atoms with Crippen molar-refractivity contribution < 1.29 is 5.11 Å². The van der Waals surface area contributed by atoms with Crippen LogP contribution in [0.25, 0.3) is 0 Å². The molecule has 0 spiro atoms. The van der Waals surface area contributed by atoms with Gasteiger partial charge in [0.25, 0.3) is 0 Å². The fourth-order valence-corrected chi connectivity index (χ4v) is 1.43. The van der Waals surface area contributed by atoms with Crippen molar-refractivity contribution in [3.63, 3.8) is 0 Å². The molecule has 0 radical (unpaired) electrons. The summed E-state index contributed by atoms with van der Waals surface area (Å²) in [7, 11) is 0. The number of H-pyrrole nitrogens is 1. The summed E-state index contributed by atoms with van der Waals surface area (Å²) in [5.41, 5.74) is 0. The number of aromatic amines is 1. The van der Waals surface area contributed by atoms with Crippen LogP contribution in [-0.4, -0.2) is 27.7 Å². The van der Waals surface area contributed by atoms with Gasteiger partial charge in [0, 0.05) is 18.4 Å². The van der Waals surface area contributed by atoms with Gasteiger partial charge in [-0.2, -0.15) is 0 Å². The first-order valence-electron chi connectivity index (χ1n) is 5.05. The van der Waals surface area contributed by atoms with Crippen LogP contribution in [0.2, 0.25) is 0 Å². The van der Waals surface area contributed by atoms with E-state index in [1.54, 1.807) is 12.4 Å². The van der Waals surface area contributed by atoms with Gasteiger partial charge in [-0.1, -0.05) is 13.8 Å². The van der Waals surface area contributed by atoms with Crippen molar-refractivity contribution in [2.75, 3.05) is 6.61 Å². The highest BCUT2D eigenvalue weighted by molar-refractivity contribution is 4.86. The van der Waals surface area contributed by atoms with Crippen molar-refractivity contribution in [2.24, 2.45) is 5.92 Å². The minimum Gasteiger partial charge on any atom is -0.395 e. The van der Waals surface area contributed by atoms with E-state index in [0.29, 0.717) is 12.5 Å². The molecule has 0 aliphatic rings. The van der Waals surface area contributed by atoms with E-state index in [-0.39, 0.29) is 12.6 Å². The number of aromatic nitrogens is 2. The zero-order chi connectivity index (χ0) is 10.4. The van der Waals surface area contributed by atoms with Crippen LogP contribution < -0.4 is 5.32 Å². The number of aliphatic hydroxyl groups excluding tert-OH is 1. The average molecular weight is 197 g/mol. The highest BCUT2D eigenvalue weighted by Crippen LogP contribution is 2.04. The fourth-order valence-electron chi connectivity index (χ4n) is 1.43. The standard InChI is InChI=1S/C10H19N3O/c1-8(2)5-9(7-14)13-6-10-11-3-4-12-10/h3-4,8-9,13-14H,5-7H2,1-2H3,(H,11,12). The monoisotopic (exact) mass is 197 g/mol. The lowest BCUT2D eigenvalue weighted by atomic mass is 10.0. The van der Waals surface area contributed by atoms with Gasteiger partial charge in [-0.25, -0.2) is 4.98 Å². The molecule has 1 unspecified atom stereocenters. The Hall–Kier alpha value is -0.870. The molecule has 1 aromatic heterocycles. The quantitative estimate of drug-likeness (QED) is 0.635. The van der Waals surface area contributed by atoms with E-state index in [4.69, 9.17) is 5.11 Å². The molecule has 0 aliphatic carbocycles. The predicted octanol–water partition coefficient (Wildman–Crippen LogP) is 0.906. The number of hydrogen-bond acceptors (Lipinski definition) is 3. The fraction of sp³-hybridized carbons (Fsp3) is 0.700. The summed E-state index contributed by atoms with van der Waals surface area (Å²) < 4.78 is 0. The Balaban J connectivity index is 2.27. The highest BCUT2D eigenvalue weighted by atomic mass is 16.3. The Kier molecular flexibility index (Phi) is 4.62. The first kappa shape index (κ1) is 11.2. The molecule has 0 amide bonds. The molecule has 80 valence electrons. The van der Waals surface area contributed by atoms with Crippen LogP contribution in [0.3, 0.4) is 0 Å². The molecule has 1 heterocycles. The second-order valence-corrected chi connectivity index (χ2v) is 3.93. The van der Waals surface area contributed by atoms with Crippen LogP contribution in [0, 0.1) is 5.92 Å². The molecule has 0 saturated heterocycles. The zero-order valence-electron chi connectivity index (χ0n) is 8.83. The predicted molar refractivity (Wildman–Crippen MR) is 55.8 cm³/mol. The minimum absolute atomic E-state index is 0.167. The molecular formula is C10H19N3O. The van der Waals surface area contributed by atoms with Crippen molar-refractivity contribution in [1.82, 2.24) is 15.3 Å². The maximum atomic E-state index is 9.11. The van der Waals surface area contributed by atoms with E-state index < -0.39 is 0 Å². The molecule has 1 rings (SSSR count). The first-order chi connectivity index (χ1) is 6.72. The summed E-state index contributed by atoms with van der Waals surface area (Å²) >= 11 is 0. The summed E-state index contributed by atoms with van der Waals surface area (Å²) in [6.07, 6.45) is 4.51. The largest absolute Gasteiger partial charge is 0.395 e. The summed E-state index contributed by atoms with van der Waals surface area (Å²) in [5, 5.41) is 12.4. The zero-order valence-corrected chi connectivity index (χ0v) is 8.83. The number of hydrogen-bond donors (Lipinski definition) is 3. The van der Waals surface area contributed by atoms with Crippen LogP contribution in [0.1, 0.15) is 26.1 Å². The number of imidazole rings is 1. The molecule has 0 saturated carbocycles. The lowest BCUT2D eigenvalue weighted by Gasteiger charge is -2.17. The van der Waals surface area contributed by atoms with Gasteiger partial charge < -0.3 is 15.4 Å². The molecule has 0 fully saturated rings. The first-order valence-corrected chi connectivity index (χ1v) is 5.05.